The Kier molecular flexibility index (Phi) is 13.2. The van der Waals surface area contributed by atoms with E-state index in [1.54, 1.807) is 0 Å². The van der Waals surface area contributed by atoms with Gasteiger partial charge in [0.15, 0.2) is 0 Å². The monoisotopic (exact) mass is 469 g/mol. The van der Waals surface area contributed by atoms with Crippen molar-refractivity contribution in [2.75, 3.05) is 13.2 Å². The van der Waals surface area contributed by atoms with Crippen molar-refractivity contribution in [1.29, 1.82) is 0 Å². The van der Waals surface area contributed by atoms with Gasteiger partial charge in [-0.15, -0.1) is 0 Å². The van der Waals surface area contributed by atoms with Crippen molar-refractivity contribution in [3.63, 3.8) is 0 Å². The topological polar surface area (TPSA) is 78.6 Å². The molecule has 5 heteroatoms. The molecular formula is C28H55NO4. The third kappa shape index (κ3) is 15.4. The molecule has 0 saturated carbocycles. The van der Waals surface area contributed by atoms with Crippen LogP contribution in [0.15, 0.2) is 0 Å². The van der Waals surface area contributed by atoms with E-state index in [9.17, 15) is 9.59 Å². The highest BCUT2D eigenvalue weighted by molar-refractivity contribution is 5.82. The quantitative estimate of drug-likeness (QED) is 0.231. The predicted octanol–water partition coefficient (Wildman–Crippen LogP) is 7.06. The number of ether oxygens (including phenoxy) is 2. The Morgan fingerprint density at radius 3 is 1.48 bits per heavy atom. The summed E-state index contributed by atoms with van der Waals surface area (Å²) in [5.41, 5.74) is 6.07. The van der Waals surface area contributed by atoms with Gasteiger partial charge in [-0.3, -0.25) is 9.59 Å². The minimum absolute atomic E-state index is 0.133. The van der Waals surface area contributed by atoms with Crippen LogP contribution in [-0.2, 0) is 19.1 Å². The third-order valence-corrected chi connectivity index (χ3v) is 6.25. The fourth-order valence-electron chi connectivity index (χ4n) is 5.15. The standard InChI is InChI=1S/C28H55NO4/c1-11-13-15-25(3,4)18-27(7,8)20-32-23(30)17-22(29)24(31)33-21-28(9,10)19-26(5,6)16-14-12-2/h22H,11-21,29H2,1-10H3. The van der Waals surface area contributed by atoms with Crippen LogP contribution in [0.4, 0.5) is 0 Å². The summed E-state index contributed by atoms with van der Waals surface area (Å²) in [4.78, 5) is 24.7. The minimum Gasteiger partial charge on any atom is -0.465 e. The van der Waals surface area contributed by atoms with Gasteiger partial charge in [0.1, 0.15) is 6.04 Å². The first-order chi connectivity index (χ1) is 14.9. The second kappa shape index (κ2) is 13.7. The van der Waals surface area contributed by atoms with Gasteiger partial charge in [0, 0.05) is 0 Å². The molecule has 0 amide bonds. The van der Waals surface area contributed by atoms with Crippen LogP contribution in [0.5, 0.6) is 0 Å². The highest BCUT2D eigenvalue weighted by Gasteiger charge is 2.32. The zero-order valence-electron chi connectivity index (χ0n) is 23.6. The zero-order chi connectivity index (χ0) is 25.9. The molecule has 0 saturated heterocycles. The minimum atomic E-state index is -0.995. The number of nitrogens with two attached hydrogens (primary N) is 1. The molecule has 5 nitrogen and oxygen atoms in total. The van der Waals surface area contributed by atoms with Crippen LogP contribution < -0.4 is 5.73 Å². The van der Waals surface area contributed by atoms with E-state index >= 15 is 0 Å². The third-order valence-electron chi connectivity index (χ3n) is 6.25. The molecule has 1 unspecified atom stereocenters. The van der Waals surface area contributed by atoms with Gasteiger partial charge >= 0.3 is 11.9 Å². The Balaban J connectivity index is 4.54. The predicted molar refractivity (Wildman–Crippen MR) is 138 cm³/mol. The van der Waals surface area contributed by atoms with E-state index in [1.807, 2.05) is 0 Å². The van der Waals surface area contributed by atoms with Crippen molar-refractivity contribution < 1.29 is 19.1 Å². The number of esters is 2. The van der Waals surface area contributed by atoms with Crippen molar-refractivity contribution in [3.8, 4) is 0 Å². The molecule has 1 atom stereocenters. The van der Waals surface area contributed by atoms with Crippen molar-refractivity contribution in [2.24, 2.45) is 27.4 Å². The van der Waals surface area contributed by atoms with Gasteiger partial charge in [0.25, 0.3) is 0 Å². The Labute approximate surface area is 204 Å². The lowest BCUT2D eigenvalue weighted by molar-refractivity contribution is -0.155. The summed E-state index contributed by atoms with van der Waals surface area (Å²) in [6, 6.07) is -0.995. The Morgan fingerprint density at radius 2 is 1.09 bits per heavy atom. The van der Waals surface area contributed by atoms with Crippen LogP contribution in [0.25, 0.3) is 0 Å². The molecular weight excluding hydrogens is 414 g/mol. The Morgan fingerprint density at radius 1 is 0.697 bits per heavy atom. The summed E-state index contributed by atoms with van der Waals surface area (Å²) in [7, 11) is 0. The van der Waals surface area contributed by atoms with Crippen molar-refractivity contribution in [1.82, 2.24) is 0 Å². The summed E-state index contributed by atoms with van der Waals surface area (Å²) >= 11 is 0. The average Bonchev–Trinajstić information content (AvgIpc) is 2.66. The molecule has 0 bridgehead atoms. The maximum atomic E-state index is 12.4. The maximum absolute atomic E-state index is 12.4. The molecule has 0 spiro atoms. The van der Waals surface area contributed by atoms with Gasteiger partial charge in [0.05, 0.1) is 19.6 Å². The summed E-state index contributed by atoms with van der Waals surface area (Å²) < 4.78 is 11.0. The molecule has 0 aromatic carbocycles. The largest absolute Gasteiger partial charge is 0.465 e. The summed E-state index contributed by atoms with van der Waals surface area (Å²) in [6.45, 7) is 22.5. The van der Waals surface area contributed by atoms with Gasteiger partial charge in [-0.05, 0) is 47.3 Å². The molecule has 0 radical (unpaired) electrons. The van der Waals surface area contributed by atoms with Gasteiger partial charge in [-0.2, -0.15) is 0 Å². The first-order valence-corrected chi connectivity index (χ1v) is 13.0. The summed E-state index contributed by atoms with van der Waals surface area (Å²) in [5, 5.41) is 0. The lowest BCUT2D eigenvalue weighted by atomic mass is 9.73. The molecule has 0 aromatic rings. The van der Waals surface area contributed by atoms with E-state index in [-0.39, 0.29) is 28.1 Å². The summed E-state index contributed by atoms with van der Waals surface area (Å²) in [5.74, 6) is -0.981. The average molecular weight is 470 g/mol. The number of hydrogen-bond donors (Lipinski definition) is 1. The molecule has 0 heterocycles. The van der Waals surface area contributed by atoms with Crippen LogP contribution in [0.3, 0.4) is 0 Å². The van der Waals surface area contributed by atoms with Gasteiger partial charge in [-0.25, -0.2) is 0 Å². The number of rotatable bonds is 17. The summed E-state index contributed by atoms with van der Waals surface area (Å²) in [6.07, 6.45) is 8.83. The molecule has 2 N–H and O–H groups in total. The van der Waals surface area contributed by atoms with Crippen molar-refractivity contribution in [2.45, 2.75) is 133 Å². The zero-order valence-corrected chi connectivity index (χ0v) is 23.6. The lowest BCUT2D eigenvalue weighted by Gasteiger charge is -2.35. The fourth-order valence-corrected chi connectivity index (χ4v) is 5.15. The normalized spacial score (nSPS) is 14.2. The van der Waals surface area contributed by atoms with Crippen molar-refractivity contribution >= 4 is 11.9 Å². The van der Waals surface area contributed by atoms with Crippen LogP contribution in [-0.4, -0.2) is 31.2 Å². The van der Waals surface area contributed by atoms with Crippen LogP contribution in [0, 0.1) is 21.7 Å². The number of carbonyl (C=O) groups excluding carboxylic acids is 2. The molecule has 0 rings (SSSR count). The van der Waals surface area contributed by atoms with E-state index in [0.29, 0.717) is 13.2 Å². The molecule has 0 aliphatic carbocycles. The van der Waals surface area contributed by atoms with Crippen LogP contribution >= 0.6 is 0 Å². The van der Waals surface area contributed by atoms with Gasteiger partial charge < -0.3 is 15.2 Å². The molecule has 0 aliphatic heterocycles. The van der Waals surface area contributed by atoms with E-state index in [4.69, 9.17) is 15.2 Å². The Hall–Kier alpha value is -1.10. The van der Waals surface area contributed by atoms with Crippen molar-refractivity contribution in [3.05, 3.63) is 0 Å². The second-order valence-corrected chi connectivity index (χ2v) is 13.3. The first-order valence-electron chi connectivity index (χ1n) is 13.0. The number of unbranched alkanes of at least 4 members (excludes halogenated alkanes) is 2. The Bertz CT molecular complexity index is 593. The lowest BCUT2D eigenvalue weighted by Crippen LogP contribution is -2.38. The SMILES string of the molecule is CCCCC(C)(C)CC(C)(C)COC(=O)CC(N)C(=O)OCC(C)(C)CC(C)(C)CCCC. The first kappa shape index (κ1) is 31.9. The van der Waals surface area contributed by atoms with E-state index in [0.717, 1.165) is 25.7 Å². The van der Waals surface area contributed by atoms with E-state index < -0.39 is 18.0 Å². The highest BCUT2D eigenvalue weighted by Crippen LogP contribution is 2.38. The number of hydrogen-bond acceptors (Lipinski definition) is 5. The fraction of sp³-hybridized carbons (Fsp3) is 0.929. The molecule has 0 fully saturated rings. The number of carbonyl (C=O) groups is 2. The van der Waals surface area contributed by atoms with E-state index in [2.05, 4.69) is 69.2 Å². The molecule has 0 aliphatic rings. The molecule has 33 heavy (non-hydrogen) atoms. The molecule has 196 valence electrons. The van der Waals surface area contributed by atoms with Crippen LogP contribution in [0.1, 0.15) is 127 Å². The van der Waals surface area contributed by atoms with Gasteiger partial charge in [-0.1, -0.05) is 94.9 Å². The maximum Gasteiger partial charge on any atom is 0.323 e. The second-order valence-electron chi connectivity index (χ2n) is 13.3. The van der Waals surface area contributed by atoms with Crippen LogP contribution in [0.2, 0.25) is 0 Å². The highest BCUT2D eigenvalue weighted by atomic mass is 16.5. The van der Waals surface area contributed by atoms with E-state index in [1.165, 1.54) is 25.7 Å². The smallest absolute Gasteiger partial charge is 0.323 e. The van der Waals surface area contributed by atoms with Gasteiger partial charge in [0.2, 0.25) is 0 Å². The molecule has 0 aromatic heterocycles.